The molecule has 1 heteroatoms. The van der Waals surface area contributed by atoms with Crippen molar-refractivity contribution in [1.82, 2.24) is 0 Å². The molecular formula is C34H20O. The molecular weight excluding hydrogens is 424 g/mol. The zero-order valence-electron chi connectivity index (χ0n) is 19.0. The van der Waals surface area contributed by atoms with E-state index in [4.69, 9.17) is 4.74 Å². The van der Waals surface area contributed by atoms with E-state index in [1.807, 2.05) is 0 Å². The van der Waals surface area contributed by atoms with Crippen molar-refractivity contribution in [1.29, 1.82) is 0 Å². The van der Waals surface area contributed by atoms with E-state index in [9.17, 15) is 0 Å². The van der Waals surface area contributed by atoms with Gasteiger partial charge in [0.1, 0.15) is 11.5 Å². The Morgan fingerprint density at radius 1 is 0.371 bits per heavy atom. The molecule has 35 heavy (non-hydrogen) atoms. The predicted octanol–water partition coefficient (Wildman–Crippen LogP) is 9.74. The summed E-state index contributed by atoms with van der Waals surface area (Å²) in [5.41, 5.74) is 4.78. The van der Waals surface area contributed by atoms with Crippen molar-refractivity contribution in [2.24, 2.45) is 0 Å². The minimum atomic E-state index is 0.913. The summed E-state index contributed by atoms with van der Waals surface area (Å²) in [6.07, 6.45) is 0. The molecule has 1 heterocycles. The number of fused-ring (bicyclic) bond motifs is 6. The molecule has 1 aliphatic heterocycles. The summed E-state index contributed by atoms with van der Waals surface area (Å²) in [4.78, 5) is 0. The first-order valence-electron chi connectivity index (χ1n) is 12.0. The van der Waals surface area contributed by atoms with Gasteiger partial charge >= 0.3 is 0 Å². The smallest absolute Gasteiger partial charge is 0.135 e. The van der Waals surface area contributed by atoms with Crippen molar-refractivity contribution < 1.29 is 4.74 Å². The summed E-state index contributed by atoms with van der Waals surface area (Å²) in [5.74, 6) is 1.84. The van der Waals surface area contributed by atoms with Crippen molar-refractivity contribution in [2.45, 2.75) is 0 Å². The lowest BCUT2D eigenvalue weighted by Gasteiger charge is -2.22. The van der Waals surface area contributed by atoms with E-state index in [1.165, 1.54) is 59.8 Å². The summed E-state index contributed by atoms with van der Waals surface area (Å²) in [7, 11) is 0. The number of hydrogen-bond donors (Lipinski definition) is 0. The quantitative estimate of drug-likeness (QED) is 0.181. The Labute approximate surface area is 202 Å². The number of benzene rings is 7. The van der Waals surface area contributed by atoms with Crippen molar-refractivity contribution in [3.63, 3.8) is 0 Å². The highest BCUT2D eigenvalue weighted by atomic mass is 16.5. The second-order valence-corrected chi connectivity index (χ2v) is 9.36. The fourth-order valence-corrected chi connectivity index (χ4v) is 5.76. The van der Waals surface area contributed by atoms with Crippen LogP contribution in [0.5, 0.6) is 11.5 Å². The van der Waals surface area contributed by atoms with E-state index in [0.717, 1.165) is 17.1 Å². The fraction of sp³-hybridized carbons (Fsp3) is 0. The van der Waals surface area contributed by atoms with Gasteiger partial charge in [-0.25, -0.2) is 0 Å². The minimum absolute atomic E-state index is 0.913. The van der Waals surface area contributed by atoms with Crippen molar-refractivity contribution >= 4 is 43.1 Å². The normalized spacial score (nSPS) is 12.2. The van der Waals surface area contributed by atoms with E-state index in [0.29, 0.717) is 0 Å². The monoisotopic (exact) mass is 444 g/mol. The van der Waals surface area contributed by atoms with E-state index < -0.39 is 0 Å². The highest BCUT2D eigenvalue weighted by Crippen LogP contribution is 2.48. The molecule has 1 nitrogen and oxygen atoms in total. The molecule has 0 N–H and O–H groups in total. The molecule has 0 fully saturated rings. The lowest BCUT2D eigenvalue weighted by atomic mass is 9.89. The van der Waals surface area contributed by atoms with Crippen LogP contribution in [-0.2, 0) is 0 Å². The van der Waals surface area contributed by atoms with Gasteiger partial charge in [-0.1, -0.05) is 84.9 Å². The Kier molecular flexibility index (Phi) is 3.72. The van der Waals surface area contributed by atoms with E-state index >= 15 is 0 Å². The van der Waals surface area contributed by atoms with E-state index in [1.54, 1.807) is 0 Å². The molecule has 0 aromatic heterocycles. The molecule has 0 saturated carbocycles. The third kappa shape index (κ3) is 2.70. The maximum Gasteiger partial charge on any atom is 0.135 e. The van der Waals surface area contributed by atoms with Gasteiger partial charge in [0.2, 0.25) is 0 Å². The summed E-state index contributed by atoms with van der Waals surface area (Å²) < 4.78 is 6.48. The highest BCUT2D eigenvalue weighted by molar-refractivity contribution is 6.17. The maximum absolute atomic E-state index is 6.48. The minimum Gasteiger partial charge on any atom is -0.456 e. The zero-order valence-corrected chi connectivity index (χ0v) is 19.0. The Balaban J connectivity index is 1.42. The highest BCUT2D eigenvalue weighted by Gasteiger charge is 2.21. The van der Waals surface area contributed by atoms with E-state index in [-0.39, 0.29) is 0 Å². The Bertz CT molecular complexity index is 1970. The van der Waals surface area contributed by atoms with Crippen LogP contribution in [-0.4, -0.2) is 0 Å². The second kappa shape index (κ2) is 6.94. The topological polar surface area (TPSA) is 9.23 Å². The van der Waals surface area contributed by atoms with Gasteiger partial charge in [0, 0.05) is 10.9 Å². The molecule has 0 bridgehead atoms. The first kappa shape index (κ1) is 18.8. The van der Waals surface area contributed by atoms with Gasteiger partial charge in [-0.3, -0.25) is 0 Å². The average molecular weight is 445 g/mol. The van der Waals surface area contributed by atoms with Gasteiger partial charge < -0.3 is 4.74 Å². The zero-order chi connectivity index (χ0) is 22.9. The van der Waals surface area contributed by atoms with Crippen LogP contribution in [0.4, 0.5) is 0 Å². The molecule has 162 valence electrons. The maximum atomic E-state index is 6.48. The molecule has 7 aromatic rings. The first-order chi connectivity index (χ1) is 17.3. The summed E-state index contributed by atoms with van der Waals surface area (Å²) in [5, 5.41) is 10.0. The van der Waals surface area contributed by atoms with Crippen LogP contribution >= 0.6 is 0 Å². The van der Waals surface area contributed by atoms with Crippen LogP contribution in [0.3, 0.4) is 0 Å². The SMILES string of the molecule is c1ccc2cc3c(cc2c1)c(-c1ccc2c(c1)Oc1cccc4cccc-2c14)cc1ccccc13. The van der Waals surface area contributed by atoms with Gasteiger partial charge in [0.05, 0.1) is 0 Å². The molecule has 0 amide bonds. The largest absolute Gasteiger partial charge is 0.456 e. The Hall–Kier alpha value is -4.62. The van der Waals surface area contributed by atoms with E-state index in [2.05, 4.69) is 121 Å². The van der Waals surface area contributed by atoms with Gasteiger partial charge in [-0.2, -0.15) is 0 Å². The number of ether oxygens (including phenoxy) is 1. The lowest BCUT2D eigenvalue weighted by molar-refractivity contribution is 0.487. The average Bonchev–Trinajstić information content (AvgIpc) is 2.91. The molecule has 0 aliphatic carbocycles. The van der Waals surface area contributed by atoms with Crippen LogP contribution in [0.25, 0.3) is 65.3 Å². The number of hydrogen-bond acceptors (Lipinski definition) is 1. The van der Waals surface area contributed by atoms with Crippen LogP contribution < -0.4 is 4.74 Å². The van der Waals surface area contributed by atoms with Gasteiger partial charge in [-0.15, -0.1) is 0 Å². The van der Waals surface area contributed by atoms with Crippen molar-refractivity contribution in [3.05, 3.63) is 121 Å². The third-order valence-electron chi connectivity index (χ3n) is 7.40. The van der Waals surface area contributed by atoms with Crippen LogP contribution in [0.15, 0.2) is 121 Å². The molecule has 0 saturated heterocycles. The molecule has 8 rings (SSSR count). The van der Waals surface area contributed by atoms with Crippen LogP contribution in [0.1, 0.15) is 0 Å². The summed E-state index contributed by atoms with van der Waals surface area (Å²) in [6, 6.07) is 43.7. The van der Waals surface area contributed by atoms with Crippen molar-refractivity contribution in [3.8, 4) is 33.8 Å². The third-order valence-corrected chi connectivity index (χ3v) is 7.40. The van der Waals surface area contributed by atoms with Crippen LogP contribution in [0.2, 0.25) is 0 Å². The fourth-order valence-electron chi connectivity index (χ4n) is 5.76. The summed E-state index contributed by atoms with van der Waals surface area (Å²) >= 11 is 0. The van der Waals surface area contributed by atoms with Gasteiger partial charge in [0.25, 0.3) is 0 Å². The van der Waals surface area contributed by atoms with Crippen LogP contribution in [0, 0.1) is 0 Å². The van der Waals surface area contributed by atoms with Gasteiger partial charge in [0.15, 0.2) is 0 Å². The predicted molar refractivity (Wildman–Crippen MR) is 147 cm³/mol. The molecule has 0 radical (unpaired) electrons. The lowest BCUT2D eigenvalue weighted by Crippen LogP contribution is -1.97. The summed E-state index contributed by atoms with van der Waals surface area (Å²) in [6.45, 7) is 0. The molecule has 0 spiro atoms. The van der Waals surface area contributed by atoms with Gasteiger partial charge in [-0.05, 0) is 90.8 Å². The molecule has 0 atom stereocenters. The molecule has 1 aliphatic rings. The molecule has 0 unspecified atom stereocenters. The number of rotatable bonds is 1. The Morgan fingerprint density at radius 3 is 1.94 bits per heavy atom. The first-order valence-corrected chi connectivity index (χ1v) is 12.0. The standard InChI is InChI=1S/C34H20O/c1-2-8-23-18-31-29(19-24-9-3-4-12-26(24)30(31)17-22(23)7-1)25-15-16-27-28-13-5-10-21-11-6-14-32(34(21)28)35-33(27)20-25/h1-20H. The van der Waals surface area contributed by atoms with Crippen molar-refractivity contribution in [2.75, 3.05) is 0 Å². The molecule has 7 aromatic carbocycles. The Morgan fingerprint density at radius 2 is 1.09 bits per heavy atom. The second-order valence-electron chi connectivity index (χ2n) is 9.36.